The van der Waals surface area contributed by atoms with Gasteiger partial charge in [-0.1, -0.05) is 25.7 Å². The minimum absolute atomic E-state index is 0.0188. The fourth-order valence-electron chi connectivity index (χ4n) is 7.64. The van der Waals surface area contributed by atoms with Crippen LogP contribution in [-0.4, -0.2) is 76.1 Å². The minimum Gasteiger partial charge on any atom is -0.370 e. The lowest BCUT2D eigenvalue weighted by molar-refractivity contribution is -0.124. The molecule has 4 aliphatic heterocycles. The van der Waals surface area contributed by atoms with E-state index in [0.717, 1.165) is 49.2 Å². The molecule has 7 rings (SSSR count). The highest BCUT2D eigenvalue weighted by Gasteiger charge is 2.51. The summed E-state index contributed by atoms with van der Waals surface area (Å²) in [5, 5.41) is 6.52. The van der Waals surface area contributed by atoms with Crippen molar-refractivity contribution in [2.75, 3.05) is 47.8 Å². The second-order valence-corrected chi connectivity index (χ2v) is 12.0. The minimum atomic E-state index is -0.169. The maximum Gasteiger partial charge on any atom is 0.243 e. The molecule has 2 N–H and O–H groups in total. The molecule has 1 unspecified atom stereocenters. The first-order valence-electron chi connectivity index (χ1n) is 14.8. The van der Waals surface area contributed by atoms with Gasteiger partial charge in [-0.25, -0.2) is 9.97 Å². The van der Waals surface area contributed by atoms with E-state index in [0.29, 0.717) is 18.9 Å². The van der Waals surface area contributed by atoms with E-state index in [1.54, 1.807) is 0 Å². The normalized spacial score (nSPS) is 25.7. The van der Waals surface area contributed by atoms with Crippen molar-refractivity contribution in [2.45, 2.75) is 88.3 Å². The molecule has 5 aliphatic rings. The van der Waals surface area contributed by atoms with Gasteiger partial charge in [0.05, 0.1) is 17.4 Å². The van der Waals surface area contributed by atoms with E-state index in [2.05, 4.69) is 36.4 Å². The number of carbonyl (C=O) groups excluding carboxylic acids is 1. The molecule has 4 fully saturated rings. The van der Waals surface area contributed by atoms with Gasteiger partial charge in [-0.05, 0) is 63.7 Å². The number of hydrogen-bond acceptors (Lipinski definition) is 8. The Bertz CT molecular complexity index is 1150. The van der Waals surface area contributed by atoms with Crippen molar-refractivity contribution in [3.05, 3.63) is 30.1 Å². The van der Waals surface area contributed by atoms with Crippen LogP contribution in [0, 0.1) is 0 Å². The molecule has 0 aromatic carbocycles. The number of fused-ring (bicyclic) bond motifs is 4. The Hall–Kier alpha value is -2.94. The van der Waals surface area contributed by atoms with Crippen molar-refractivity contribution in [2.24, 2.45) is 0 Å². The summed E-state index contributed by atoms with van der Waals surface area (Å²) < 4.78 is 0. The predicted octanol–water partition coefficient (Wildman–Crippen LogP) is 3.63. The average Bonchev–Trinajstić information content (AvgIpc) is 3.38. The van der Waals surface area contributed by atoms with Crippen molar-refractivity contribution in [3.63, 3.8) is 0 Å². The second-order valence-electron chi connectivity index (χ2n) is 12.0. The van der Waals surface area contributed by atoms with Crippen molar-refractivity contribution in [1.82, 2.24) is 25.2 Å². The van der Waals surface area contributed by atoms with Crippen molar-refractivity contribution < 1.29 is 4.79 Å². The van der Waals surface area contributed by atoms with Crippen LogP contribution < -0.4 is 20.4 Å². The molecular formula is C29H40N8O. The van der Waals surface area contributed by atoms with Crippen molar-refractivity contribution in [3.8, 4) is 0 Å². The molecular weight excluding hydrogens is 476 g/mol. The van der Waals surface area contributed by atoms with Crippen LogP contribution in [0.2, 0.25) is 0 Å². The molecule has 1 spiro atoms. The molecule has 1 atom stereocenters. The summed E-state index contributed by atoms with van der Waals surface area (Å²) in [6.45, 7) is 5.46. The third kappa shape index (κ3) is 4.38. The third-order valence-corrected chi connectivity index (χ3v) is 9.71. The van der Waals surface area contributed by atoms with E-state index in [1.165, 1.54) is 70.1 Å². The highest BCUT2D eigenvalue weighted by atomic mass is 16.2. The molecule has 6 heterocycles. The average molecular weight is 517 g/mol. The molecule has 0 radical (unpaired) electrons. The van der Waals surface area contributed by atoms with E-state index in [-0.39, 0.29) is 17.5 Å². The van der Waals surface area contributed by atoms with Crippen LogP contribution in [0.3, 0.4) is 0 Å². The summed E-state index contributed by atoms with van der Waals surface area (Å²) in [5.74, 6) is 2.34. The Labute approximate surface area is 225 Å². The molecule has 2 aromatic heterocycles. The number of piperidine rings is 2. The van der Waals surface area contributed by atoms with Gasteiger partial charge in [-0.3, -0.25) is 4.79 Å². The standard InChI is InChI=1S/C29H40N8O/c38-27-24-17-21-18-31-28(34-26(21)37(24)29(20-32-27)11-3-1-4-12-29)33-25-8-7-23(19-30-25)36-15-9-22(10-16-36)35-13-5-2-6-14-35/h7-8,18-19,22,24H,1-6,9-17,20H2,(H,32,38)(H,30,31,33,34). The Kier molecular flexibility index (Phi) is 6.34. The van der Waals surface area contributed by atoms with Crippen LogP contribution >= 0.6 is 0 Å². The summed E-state index contributed by atoms with van der Waals surface area (Å²) >= 11 is 0. The summed E-state index contributed by atoms with van der Waals surface area (Å²) in [6, 6.07) is 4.77. The van der Waals surface area contributed by atoms with Crippen molar-refractivity contribution in [1.29, 1.82) is 0 Å². The summed E-state index contributed by atoms with van der Waals surface area (Å²) in [6.07, 6.45) is 17.0. The zero-order chi connectivity index (χ0) is 25.5. The topological polar surface area (TPSA) is 89.5 Å². The molecule has 38 heavy (non-hydrogen) atoms. The van der Waals surface area contributed by atoms with Gasteiger partial charge >= 0.3 is 0 Å². The second kappa shape index (κ2) is 9.98. The van der Waals surface area contributed by atoms with Gasteiger partial charge in [-0.2, -0.15) is 4.98 Å². The lowest BCUT2D eigenvalue weighted by atomic mass is 9.78. The first kappa shape index (κ1) is 24.1. The molecule has 0 bridgehead atoms. The number of aromatic nitrogens is 3. The smallest absolute Gasteiger partial charge is 0.243 e. The lowest BCUT2D eigenvalue weighted by Gasteiger charge is -2.51. The van der Waals surface area contributed by atoms with E-state index >= 15 is 0 Å². The Balaban J connectivity index is 1.03. The summed E-state index contributed by atoms with van der Waals surface area (Å²) in [4.78, 5) is 34.6. The zero-order valence-corrected chi connectivity index (χ0v) is 22.4. The number of amides is 1. The first-order valence-corrected chi connectivity index (χ1v) is 14.8. The van der Waals surface area contributed by atoms with Crippen LogP contribution in [0.5, 0.6) is 0 Å². The van der Waals surface area contributed by atoms with Crippen LogP contribution in [0.4, 0.5) is 23.3 Å². The number of likely N-dealkylation sites (tertiary alicyclic amines) is 1. The molecule has 1 amide bonds. The van der Waals surface area contributed by atoms with E-state index in [1.807, 2.05) is 18.5 Å². The number of pyridine rings is 1. The predicted molar refractivity (Wildman–Crippen MR) is 149 cm³/mol. The number of nitrogens with one attached hydrogen (secondary N) is 2. The maximum atomic E-state index is 12.8. The largest absolute Gasteiger partial charge is 0.370 e. The summed E-state index contributed by atoms with van der Waals surface area (Å²) in [7, 11) is 0. The fourth-order valence-corrected chi connectivity index (χ4v) is 7.64. The van der Waals surface area contributed by atoms with Gasteiger partial charge in [0.25, 0.3) is 0 Å². The number of carbonyl (C=O) groups is 1. The maximum absolute atomic E-state index is 12.8. The fraction of sp³-hybridized carbons (Fsp3) is 0.655. The van der Waals surface area contributed by atoms with Gasteiger partial charge in [0.1, 0.15) is 17.7 Å². The third-order valence-electron chi connectivity index (χ3n) is 9.71. The van der Waals surface area contributed by atoms with E-state index < -0.39 is 0 Å². The van der Waals surface area contributed by atoms with Gasteiger partial charge in [0.15, 0.2) is 0 Å². The van der Waals surface area contributed by atoms with E-state index in [9.17, 15) is 4.79 Å². The SMILES string of the molecule is O=C1NCC2(CCCCC2)N2c3nc(Nc4ccc(N5CCC(N6CCCCC6)CC5)cn4)ncc3CC12. The van der Waals surface area contributed by atoms with Gasteiger partial charge in [0, 0.05) is 43.9 Å². The first-order chi connectivity index (χ1) is 18.7. The molecule has 1 saturated carbocycles. The van der Waals surface area contributed by atoms with Gasteiger partial charge in [-0.15, -0.1) is 0 Å². The van der Waals surface area contributed by atoms with Crippen LogP contribution in [-0.2, 0) is 11.2 Å². The van der Waals surface area contributed by atoms with Gasteiger partial charge in [0.2, 0.25) is 11.9 Å². The monoisotopic (exact) mass is 516 g/mol. The van der Waals surface area contributed by atoms with Crippen LogP contribution in [0.1, 0.15) is 69.8 Å². The summed E-state index contributed by atoms with van der Waals surface area (Å²) in [5.41, 5.74) is 2.23. The number of nitrogens with zero attached hydrogens (tertiary/aromatic N) is 6. The Morgan fingerprint density at radius 3 is 2.47 bits per heavy atom. The number of hydrogen-bond donors (Lipinski definition) is 2. The molecule has 202 valence electrons. The number of piperazine rings is 1. The van der Waals surface area contributed by atoms with Crippen molar-refractivity contribution >= 4 is 29.2 Å². The van der Waals surface area contributed by atoms with Crippen LogP contribution in [0.15, 0.2) is 24.5 Å². The lowest BCUT2D eigenvalue weighted by Crippen LogP contribution is -2.67. The number of anilines is 4. The van der Waals surface area contributed by atoms with Gasteiger partial charge < -0.3 is 25.3 Å². The zero-order valence-electron chi connectivity index (χ0n) is 22.4. The molecule has 9 heteroatoms. The highest BCUT2D eigenvalue weighted by molar-refractivity contribution is 5.90. The quantitative estimate of drug-likeness (QED) is 0.637. The molecule has 3 saturated heterocycles. The van der Waals surface area contributed by atoms with E-state index in [4.69, 9.17) is 9.97 Å². The molecule has 9 nitrogen and oxygen atoms in total. The molecule has 1 aliphatic carbocycles. The van der Waals surface area contributed by atoms with Crippen LogP contribution in [0.25, 0.3) is 0 Å². The Morgan fingerprint density at radius 1 is 0.921 bits per heavy atom. The highest BCUT2D eigenvalue weighted by Crippen LogP contribution is 2.44. The number of rotatable bonds is 4. The molecule has 2 aromatic rings. The Morgan fingerprint density at radius 2 is 1.71 bits per heavy atom.